The van der Waals surface area contributed by atoms with Gasteiger partial charge in [-0.05, 0) is 19.4 Å². The second-order valence-electron chi connectivity index (χ2n) is 8.10. The lowest BCUT2D eigenvalue weighted by molar-refractivity contribution is -0.146. The molecule has 2 aliphatic heterocycles. The van der Waals surface area contributed by atoms with Crippen molar-refractivity contribution in [3.63, 3.8) is 0 Å². The van der Waals surface area contributed by atoms with E-state index < -0.39 is 0 Å². The number of esters is 1. The fourth-order valence-electron chi connectivity index (χ4n) is 3.96. The summed E-state index contributed by atoms with van der Waals surface area (Å²) in [5.74, 6) is -0.0295. The third-order valence-corrected chi connectivity index (χ3v) is 5.87. The molecule has 2 saturated heterocycles. The zero-order chi connectivity index (χ0) is 19.9. The first-order valence-electron chi connectivity index (χ1n) is 11.6. The van der Waals surface area contributed by atoms with E-state index in [-0.39, 0.29) is 5.97 Å². The number of morpholine rings is 2. The summed E-state index contributed by atoms with van der Waals surface area (Å²) in [5, 5.41) is 0. The summed E-state index contributed by atoms with van der Waals surface area (Å²) >= 11 is 0. The van der Waals surface area contributed by atoms with Crippen LogP contribution in [0.2, 0.25) is 0 Å². The van der Waals surface area contributed by atoms with E-state index in [1.165, 1.54) is 32.1 Å². The molecule has 6 nitrogen and oxygen atoms in total. The first-order valence-corrected chi connectivity index (χ1v) is 11.6. The predicted octanol–water partition coefficient (Wildman–Crippen LogP) is 3.09. The van der Waals surface area contributed by atoms with Crippen molar-refractivity contribution in [2.45, 2.75) is 70.8 Å². The van der Waals surface area contributed by atoms with Crippen molar-refractivity contribution in [1.82, 2.24) is 9.80 Å². The van der Waals surface area contributed by atoms with Crippen molar-refractivity contribution in [3.05, 3.63) is 0 Å². The highest BCUT2D eigenvalue weighted by Crippen LogP contribution is 2.12. The van der Waals surface area contributed by atoms with Gasteiger partial charge >= 0.3 is 5.97 Å². The molecule has 28 heavy (non-hydrogen) atoms. The van der Waals surface area contributed by atoms with Gasteiger partial charge in [0, 0.05) is 38.6 Å². The number of unbranched alkanes of at least 4 members (excludes halogenated alkanes) is 6. The minimum Gasteiger partial charge on any atom is -0.464 e. The average molecular weight is 399 g/mol. The van der Waals surface area contributed by atoms with Crippen LogP contribution in [-0.4, -0.2) is 87.6 Å². The first kappa shape index (κ1) is 23.6. The molecule has 0 bridgehead atoms. The van der Waals surface area contributed by atoms with E-state index in [4.69, 9.17) is 14.2 Å². The average Bonchev–Trinajstić information content (AvgIpc) is 2.74. The van der Waals surface area contributed by atoms with Crippen LogP contribution in [0.1, 0.15) is 64.7 Å². The van der Waals surface area contributed by atoms with Crippen molar-refractivity contribution in [2.75, 3.05) is 65.8 Å². The van der Waals surface area contributed by atoms with E-state index in [9.17, 15) is 4.79 Å². The van der Waals surface area contributed by atoms with Crippen molar-refractivity contribution < 1.29 is 19.0 Å². The molecule has 0 aliphatic carbocycles. The Balaban J connectivity index is 1.63. The van der Waals surface area contributed by atoms with Crippen molar-refractivity contribution in [3.8, 4) is 0 Å². The lowest BCUT2D eigenvalue weighted by Crippen LogP contribution is -2.48. The molecule has 1 atom stereocenters. The Kier molecular flexibility index (Phi) is 12.8. The number of carbonyl (C=O) groups is 1. The van der Waals surface area contributed by atoms with Crippen LogP contribution >= 0.6 is 0 Å². The van der Waals surface area contributed by atoms with Crippen LogP contribution in [-0.2, 0) is 19.0 Å². The van der Waals surface area contributed by atoms with Gasteiger partial charge in [-0.1, -0.05) is 45.4 Å². The molecule has 2 rings (SSSR count). The Morgan fingerprint density at radius 1 is 0.893 bits per heavy atom. The molecular weight excluding hydrogens is 356 g/mol. The molecule has 0 saturated carbocycles. The second-order valence-corrected chi connectivity index (χ2v) is 8.10. The normalized spacial score (nSPS) is 20.2. The molecule has 2 aliphatic rings. The van der Waals surface area contributed by atoms with Crippen molar-refractivity contribution in [2.24, 2.45) is 0 Å². The number of ether oxygens (including phenoxy) is 3. The summed E-state index contributed by atoms with van der Waals surface area (Å²) in [6, 6.07) is 0.296. The van der Waals surface area contributed by atoms with E-state index in [1.807, 2.05) is 0 Å². The van der Waals surface area contributed by atoms with E-state index in [1.54, 1.807) is 0 Å². The molecule has 2 heterocycles. The maximum absolute atomic E-state index is 12.2. The topological polar surface area (TPSA) is 51.2 Å². The molecular formula is C22H42N2O4. The van der Waals surface area contributed by atoms with Crippen LogP contribution in [0.4, 0.5) is 0 Å². The maximum atomic E-state index is 12.2. The highest BCUT2D eigenvalue weighted by molar-refractivity contribution is 5.69. The minimum absolute atomic E-state index is 0.0295. The van der Waals surface area contributed by atoms with Gasteiger partial charge in [-0.3, -0.25) is 14.6 Å². The largest absolute Gasteiger partial charge is 0.464 e. The minimum atomic E-state index is -0.0295. The molecule has 0 aromatic heterocycles. The van der Waals surface area contributed by atoms with Crippen LogP contribution in [0.3, 0.4) is 0 Å². The molecule has 0 aromatic rings. The van der Waals surface area contributed by atoms with Crippen LogP contribution in [0.5, 0.6) is 0 Å². The van der Waals surface area contributed by atoms with Crippen LogP contribution in [0.15, 0.2) is 0 Å². The van der Waals surface area contributed by atoms with E-state index in [0.717, 1.165) is 78.4 Å². The van der Waals surface area contributed by atoms with Crippen LogP contribution in [0, 0.1) is 0 Å². The van der Waals surface area contributed by atoms with Crippen LogP contribution < -0.4 is 0 Å². The number of carbonyl (C=O) groups excluding carboxylic acids is 1. The number of hydrogen-bond donors (Lipinski definition) is 0. The number of hydrogen-bond acceptors (Lipinski definition) is 6. The molecule has 0 amide bonds. The van der Waals surface area contributed by atoms with Crippen molar-refractivity contribution in [1.29, 1.82) is 0 Å². The fourth-order valence-corrected chi connectivity index (χ4v) is 3.96. The summed E-state index contributed by atoms with van der Waals surface area (Å²) in [4.78, 5) is 17.1. The molecule has 2 fully saturated rings. The van der Waals surface area contributed by atoms with Gasteiger partial charge in [0.2, 0.25) is 0 Å². The summed E-state index contributed by atoms with van der Waals surface area (Å²) in [7, 11) is 0. The molecule has 0 radical (unpaired) electrons. The van der Waals surface area contributed by atoms with E-state index in [2.05, 4.69) is 16.7 Å². The Morgan fingerprint density at radius 3 is 2.18 bits per heavy atom. The van der Waals surface area contributed by atoms with Gasteiger partial charge in [0.25, 0.3) is 0 Å². The maximum Gasteiger partial charge on any atom is 0.305 e. The summed E-state index contributed by atoms with van der Waals surface area (Å²) in [6.45, 7) is 10.9. The number of rotatable bonds is 14. The fraction of sp³-hybridized carbons (Fsp3) is 0.955. The van der Waals surface area contributed by atoms with Gasteiger partial charge in [-0.25, -0.2) is 0 Å². The molecule has 6 heteroatoms. The van der Waals surface area contributed by atoms with Gasteiger partial charge in [-0.2, -0.15) is 0 Å². The molecule has 1 unspecified atom stereocenters. The smallest absolute Gasteiger partial charge is 0.305 e. The third kappa shape index (κ3) is 10.2. The monoisotopic (exact) mass is 398 g/mol. The third-order valence-electron chi connectivity index (χ3n) is 5.87. The quantitative estimate of drug-likeness (QED) is 0.331. The Bertz CT molecular complexity index is 396. The van der Waals surface area contributed by atoms with Crippen molar-refractivity contribution >= 4 is 5.97 Å². The van der Waals surface area contributed by atoms with Crippen LogP contribution in [0.25, 0.3) is 0 Å². The van der Waals surface area contributed by atoms with E-state index >= 15 is 0 Å². The number of nitrogens with zero attached hydrogens (tertiary/aromatic N) is 2. The Hall–Kier alpha value is -0.690. The van der Waals surface area contributed by atoms with E-state index in [0.29, 0.717) is 19.1 Å². The zero-order valence-corrected chi connectivity index (χ0v) is 18.0. The SMILES string of the molecule is CCCCCCCCCC(=O)OCC(CCN1CCOCC1)N1CCOCC1. The predicted molar refractivity (Wildman–Crippen MR) is 112 cm³/mol. The summed E-state index contributed by atoms with van der Waals surface area (Å²) in [5.41, 5.74) is 0. The Labute approximate surface area is 171 Å². The highest BCUT2D eigenvalue weighted by atomic mass is 16.5. The Morgan fingerprint density at radius 2 is 1.50 bits per heavy atom. The summed E-state index contributed by atoms with van der Waals surface area (Å²) in [6.07, 6.45) is 10.2. The van der Waals surface area contributed by atoms with Gasteiger partial charge in [0.05, 0.1) is 26.4 Å². The zero-order valence-electron chi connectivity index (χ0n) is 18.0. The lowest BCUT2D eigenvalue weighted by atomic mass is 10.1. The molecule has 0 spiro atoms. The molecule has 0 N–H and O–H groups in total. The standard InChI is InChI=1S/C22H42N2O4/c1-2-3-4-5-6-7-8-9-22(25)28-20-21(24-14-18-27-19-15-24)10-11-23-12-16-26-17-13-23/h21H,2-20H2,1H3. The van der Waals surface area contributed by atoms with Gasteiger partial charge < -0.3 is 14.2 Å². The molecule has 0 aromatic carbocycles. The van der Waals surface area contributed by atoms with Gasteiger partial charge in [0.1, 0.15) is 6.61 Å². The molecule has 164 valence electrons. The lowest BCUT2D eigenvalue weighted by Gasteiger charge is -2.36. The van der Waals surface area contributed by atoms with Gasteiger partial charge in [-0.15, -0.1) is 0 Å². The second kappa shape index (κ2) is 15.2. The first-order chi connectivity index (χ1) is 13.8. The van der Waals surface area contributed by atoms with Gasteiger partial charge in [0.15, 0.2) is 0 Å². The summed E-state index contributed by atoms with van der Waals surface area (Å²) < 4.78 is 16.6. The highest BCUT2D eigenvalue weighted by Gasteiger charge is 2.23.